The summed E-state index contributed by atoms with van der Waals surface area (Å²) < 4.78 is 1.16. The van der Waals surface area contributed by atoms with Crippen molar-refractivity contribution in [2.75, 3.05) is 0 Å². The molecule has 5 heteroatoms. The predicted molar refractivity (Wildman–Crippen MR) is 58.5 cm³/mol. The minimum absolute atomic E-state index is 0.947. The lowest BCUT2D eigenvalue weighted by molar-refractivity contribution is 1.33. The Labute approximate surface area is 88.1 Å². The van der Waals surface area contributed by atoms with Crippen LogP contribution < -0.4 is 0 Å². The molecule has 14 heavy (non-hydrogen) atoms. The van der Waals surface area contributed by atoms with E-state index >= 15 is 0 Å². The van der Waals surface area contributed by atoms with Crippen LogP contribution in [0.15, 0.2) is 30.0 Å². The van der Waals surface area contributed by atoms with Crippen molar-refractivity contribution in [1.29, 1.82) is 0 Å². The summed E-state index contributed by atoms with van der Waals surface area (Å²) in [4.78, 5) is 12.7. The molecule has 0 saturated heterocycles. The van der Waals surface area contributed by atoms with E-state index in [1.165, 1.54) is 0 Å². The molecule has 0 amide bonds. The predicted octanol–water partition coefficient (Wildman–Crippen LogP) is 2.81. The average molecular weight is 219 g/mol. The van der Waals surface area contributed by atoms with Gasteiger partial charge in [-0.2, -0.15) is 0 Å². The molecule has 0 aliphatic carbocycles. The zero-order valence-corrected chi connectivity index (χ0v) is 8.68. The molecule has 0 fully saturated rings. The third-order valence-corrected chi connectivity index (χ3v) is 3.76. The normalized spacial score (nSPS) is 10.9. The highest BCUT2D eigenvalue weighted by atomic mass is 32.1. The highest BCUT2D eigenvalue weighted by Gasteiger charge is 2.07. The minimum atomic E-state index is 0.947. The minimum Gasteiger partial charge on any atom is -0.262 e. The van der Waals surface area contributed by atoms with Crippen molar-refractivity contribution in [3.05, 3.63) is 30.0 Å². The van der Waals surface area contributed by atoms with Crippen LogP contribution in [0, 0.1) is 0 Å². The molecule has 3 heterocycles. The van der Waals surface area contributed by atoms with Crippen molar-refractivity contribution >= 4 is 32.9 Å². The standard InChI is InChI=1S/C9H5N3S2/c1-2-10-5-6-7(1)14-9(12-6)8-11-3-4-13-8/h1-5H. The van der Waals surface area contributed by atoms with Gasteiger partial charge in [-0.3, -0.25) is 4.98 Å². The van der Waals surface area contributed by atoms with Crippen LogP contribution in [-0.2, 0) is 0 Å². The van der Waals surface area contributed by atoms with E-state index < -0.39 is 0 Å². The molecule has 0 radical (unpaired) electrons. The summed E-state index contributed by atoms with van der Waals surface area (Å²) >= 11 is 3.26. The first kappa shape index (κ1) is 8.02. The second kappa shape index (κ2) is 3.11. The van der Waals surface area contributed by atoms with Gasteiger partial charge in [-0.25, -0.2) is 9.97 Å². The first-order chi connectivity index (χ1) is 6.93. The average Bonchev–Trinajstić information content (AvgIpc) is 2.86. The molecule has 3 rings (SSSR count). The van der Waals surface area contributed by atoms with Gasteiger partial charge in [0.25, 0.3) is 0 Å². The summed E-state index contributed by atoms with van der Waals surface area (Å²) in [6.45, 7) is 0. The number of nitrogens with zero attached hydrogens (tertiary/aromatic N) is 3. The van der Waals surface area contributed by atoms with Gasteiger partial charge in [-0.1, -0.05) is 0 Å². The van der Waals surface area contributed by atoms with Crippen molar-refractivity contribution in [2.24, 2.45) is 0 Å². The van der Waals surface area contributed by atoms with Crippen LogP contribution >= 0.6 is 22.7 Å². The third-order valence-electron chi connectivity index (χ3n) is 1.81. The van der Waals surface area contributed by atoms with Crippen molar-refractivity contribution in [3.63, 3.8) is 0 Å². The molecule has 0 unspecified atom stereocenters. The Hall–Kier alpha value is -1.33. The number of aromatic nitrogens is 3. The van der Waals surface area contributed by atoms with Gasteiger partial charge >= 0.3 is 0 Å². The molecule has 0 N–H and O–H groups in total. The summed E-state index contributed by atoms with van der Waals surface area (Å²) in [5.74, 6) is 0. The molecule has 3 aromatic heterocycles. The SMILES string of the molecule is c1cc2sc(-c3nccs3)nc2cn1. The number of hydrogen-bond donors (Lipinski definition) is 0. The van der Waals surface area contributed by atoms with Crippen LogP contribution in [0.3, 0.4) is 0 Å². The van der Waals surface area contributed by atoms with E-state index in [-0.39, 0.29) is 0 Å². The quantitative estimate of drug-likeness (QED) is 0.631. The number of hydrogen-bond acceptors (Lipinski definition) is 5. The van der Waals surface area contributed by atoms with E-state index in [2.05, 4.69) is 15.0 Å². The van der Waals surface area contributed by atoms with E-state index in [1.54, 1.807) is 41.3 Å². The van der Waals surface area contributed by atoms with Gasteiger partial charge in [-0.05, 0) is 6.07 Å². The fraction of sp³-hybridized carbons (Fsp3) is 0. The number of thiazole rings is 2. The molecular weight excluding hydrogens is 214 g/mol. The topological polar surface area (TPSA) is 38.7 Å². The van der Waals surface area contributed by atoms with E-state index in [1.807, 2.05) is 11.4 Å². The Morgan fingerprint density at radius 3 is 2.93 bits per heavy atom. The molecule has 0 saturated carbocycles. The molecule has 0 aromatic carbocycles. The summed E-state index contributed by atoms with van der Waals surface area (Å²) in [6.07, 6.45) is 5.36. The Morgan fingerprint density at radius 2 is 2.14 bits per heavy atom. The lowest BCUT2D eigenvalue weighted by atomic mass is 10.5. The second-order valence-electron chi connectivity index (χ2n) is 2.70. The number of pyridine rings is 1. The highest BCUT2D eigenvalue weighted by Crippen LogP contribution is 2.30. The Morgan fingerprint density at radius 1 is 1.14 bits per heavy atom. The highest BCUT2D eigenvalue weighted by molar-refractivity contribution is 7.24. The molecule has 0 aliphatic rings. The van der Waals surface area contributed by atoms with Crippen LogP contribution in [0.5, 0.6) is 0 Å². The number of rotatable bonds is 1. The fourth-order valence-electron chi connectivity index (χ4n) is 1.20. The smallest absolute Gasteiger partial charge is 0.153 e. The third kappa shape index (κ3) is 1.21. The molecule has 0 bridgehead atoms. The molecule has 3 nitrogen and oxygen atoms in total. The first-order valence-electron chi connectivity index (χ1n) is 4.04. The summed E-state index contributed by atoms with van der Waals surface area (Å²) in [5, 5.41) is 3.91. The lowest BCUT2D eigenvalue weighted by Gasteiger charge is -1.82. The van der Waals surface area contributed by atoms with Crippen molar-refractivity contribution in [1.82, 2.24) is 15.0 Å². The van der Waals surface area contributed by atoms with Gasteiger partial charge in [0, 0.05) is 17.8 Å². The van der Waals surface area contributed by atoms with Crippen LogP contribution in [0.2, 0.25) is 0 Å². The maximum absolute atomic E-state index is 4.46. The van der Waals surface area contributed by atoms with E-state index in [0.717, 1.165) is 20.2 Å². The van der Waals surface area contributed by atoms with Gasteiger partial charge in [0.2, 0.25) is 0 Å². The van der Waals surface area contributed by atoms with Gasteiger partial charge < -0.3 is 0 Å². The molecule has 3 aromatic rings. The molecule has 0 atom stereocenters. The first-order valence-corrected chi connectivity index (χ1v) is 5.73. The molecule has 0 spiro atoms. The largest absolute Gasteiger partial charge is 0.262 e. The Balaban J connectivity index is 2.24. The Kier molecular flexibility index (Phi) is 1.78. The van der Waals surface area contributed by atoms with Crippen LogP contribution in [-0.4, -0.2) is 15.0 Å². The molecule has 0 aliphatic heterocycles. The second-order valence-corrected chi connectivity index (χ2v) is 4.62. The summed E-state index contributed by atoms with van der Waals surface area (Å²) in [6, 6.07) is 1.98. The van der Waals surface area contributed by atoms with E-state index in [9.17, 15) is 0 Å². The summed E-state index contributed by atoms with van der Waals surface area (Å²) in [5.41, 5.74) is 0.947. The van der Waals surface area contributed by atoms with Gasteiger partial charge in [-0.15, -0.1) is 22.7 Å². The van der Waals surface area contributed by atoms with Crippen molar-refractivity contribution in [3.8, 4) is 10.0 Å². The lowest BCUT2D eigenvalue weighted by Crippen LogP contribution is -1.72. The van der Waals surface area contributed by atoms with Crippen molar-refractivity contribution in [2.45, 2.75) is 0 Å². The van der Waals surface area contributed by atoms with Crippen molar-refractivity contribution < 1.29 is 0 Å². The monoisotopic (exact) mass is 219 g/mol. The maximum Gasteiger partial charge on any atom is 0.153 e. The maximum atomic E-state index is 4.46. The van der Waals surface area contributed by atoms with E-state index in [4.69, 9.17) is 0 Å². The van der Waals surface area contributed by atoms with Crippen LogP contribution in [0.1, 0.15) is 0 Å². The van der Waals surface area contributed by atoms with Gasteiger partial charge in [0.15, 0.2) is 10.0 Å². The van der Waals surface area contributed by atoms with Gasteiger partial charge in [0.05, 0.1) is 10.9 Å². The fourth-order valence-corrected chi connectivity index (χ4v) is 2.81. The van der Waals surface area contributed by atoms with E-state index in [0.29, 0.717) is 0 Å². The zero-order chi connectivity index (χ0) is 9.38. The van der Waals surface area contributed by atoms with Crippen LogP contribution in [0.4, 0.5) is 0 Å². The molecular formula is C9H5N3S2. The zero-order valence-electron chi connectivity index (χ0n) is 7.04. The summed E-state index contributed by atoms with van der Waals surface area (Å²) in [7, 11) is 0. The number of fused-ring (bicyclic) bond motifs is 1. The van der Waals surface area contributed by atoms with Gasteiger partial charge in [0.1, 0.15) is 5.52 Å². The van der Waals surface area contributed by atoms with Crippen LogP contribution in [0.25, 0.3) is 20.2 Å². The molecule has 68 valence electrons. The Bertz CT molecular complexity index is 523.